The van der Waals surface area contributed by atoms with Crippen molar-refractivity contribution in [3.8, 4) is 11.3 Å². The number of rotatable bonds is 2. The summed E-state index contributed by atoms with van der Waals surface area (Å²) in [5.74, 6) is 0. The summed E-state index contributed by atoms with van der Waals surface area (Å²) in [7, 11) is 0. The van der Waals surface area contributed by atoms with Crippen molar-refractivity contribution in [2.24, 2.45) is 5.73 Å². The lowest BCUT2D eigenvalue weighted by molar-refractivity contribution is 1.06. The fraction of sp³-hybridized carbons (Fsp3) is 0.125. The fourth-order valence-electron chi connectivity index (χ4n) is 2.48. The molecule has 0 amide bonds. The van der Waals surface area contributed by atoms with Crippen molar-refractivity contribution in [1.29, 1.82) is 0 Å². The molecule has 1 aromatic carbocycles. The monoisotopic (exact) mass is 236 g/mol. The summed E-state index contributed by atoms with van der Waals surface area (Å²) < 4.78 is 2.21. The minimum Gasteiger partial charge on any atom is -0.326 e. The Morgan fingerprint density at radius 1 is 1.06 bits per heavy atom. The summed E-state index contributed by atoms with van der Waals surface area (Å²) in [6.07, 6.45) is 2.09. The highest BCUT2D eigenvalue weighted by molar-refractivity contribution is 5.73. The second-order valence-corrected chi connectivity index (χ2v) is 4.53. The SMILES string of the molecule is Cc1ccccc1-c1c(CN)cc2ccccn12. The maximum Gasteiger partial charge on any atom is 0.0576 e. The van der Waals surface area contributed by atoms with E-state index in [2.05, 4.69) is 66.1 Å². The van der Waals surface area contributed by atoms with Gasteiger partial charge in [0.25, 0.3) is 0 Å². The van der Waals surface area contributed by atoms with Crippen LogP contribution in [-0.4, -0.2) is 4.40 Å². The van der Waals surface area contributed by atoms with Gasteiger partial charge in [0, 0.05) is 23.8 Å². The number of benzene rings is 1. The van der Waals surface area contributed by atoms with Crippen LogP contribution in [0.1, 0.15) is 11.1 Å². The molecule has 2 nitrogen and oxygen atoms in total. The first-order valence-corrected chi connectivity index (χ1v) is 6.16. The molecular weight excluding hydrogens is 220 g/mol. The minimum atomic E-state index is 0.561. The zero-order valence-electron chi connectivity index (χ0n) is 10.4. The van der Waals surface area contributed by atoms with Gasteiger partial charge in [-0.25, -0.2) is 0 Å². The van der Waals surface area contributed by atoms with Crippen molar-refractivity contribution >= 4 is 5.52 Å². The molecule has 0 saturated heterocycles. The molecule has 2 heteroatoms. The van der Waals surface area contributed by atoms with Gasteiger partial charge in [0.2, 0.25) is 0 Å². The van der Waals surface area contributed by atoms with Gasteiger partial charge in [0.15, 0.2) is 0 Å². The molecular formula is C16H16N2. The molecule has 0 aliphatic heterocycles. The van der Waals surface area contributed by atoms with Crippen LogP contribution in [0.4, 0.5) is 0 Å². The summed E-state index contributed by atoms with van der Waals surface area (Å²) in [5.41, 5.74) is 12.0. The van der Waals surface area contributed by atoms with E-state index in [9.17, 15) is 0 Å². The van der Waals surface area contributed by atoms with Crippen molar-refractivity contribution in [1.82, 2.24) is 4.40 Å². The lowest BCUT2D eigenvalue weighted by atomic mass is 10.0. The van der Waals surface area contributed by atoms with E-state index < -0.39 is 0 Å². The predicted octanol–water partition coefficient (Wildman–Crippen LogP) is 3.37. The zero-order chi connectivity index (χ0) is 12.5. The Hall–Kier alpha value is -2.06. The van der Waals surface area contributed by atoms with Gasteiger partial charge in [-0.2, -0.15) is 0 Å². The van der Waals surface area contributed by atoms with Crippen LogP contribution in [0, 0.1) is 6.92 Å². The lowest BCUT2D eigenvalue weighted by Crippen LogP contribution is -1.99. The number of aromatic nitrogens is 1. The van der Waals surface area contributed by atoms with E-state index in [0.29, 0.717) is 6.54 Å². The largest absolute Gasteiger partial charge is 0.326 e. The molecule has 0 unspecified atom stereocenters. The van der Waals surface area contributed by atoms with E-state index in [1.165, 1.54) is 27.9 Å². The van der Waals surface area contributed by atoms with Crippen LogP contribution < -0.4 is 5.73 Å². The molecule has 0 radical (unpaired) electrons. The molecule has 2 heterocycles. The third-order valence-corrected chi connectivity index (χ3v) is 3.38. The average molecular weight is 236 g/mol. The number of pyridine rings is 1. The number of fused-ring (bicyclic) bond motifs is 1. The Bertz CT molecular complexity index is 695. The molecule has 18 heavy (non-hydrogen) atoms. The first-order chi connectivity index (χ1) is 8.81. The van der Waals surface area contributed by atoms with E-state index in [-0.39, 0.29) is 0 Å². The molecule has 0 spiro atoms. The standard InChI is InChI=1S/C16H16N2/c1-12-6-2-3-8-15(12)16-13(11-17)10-14-7-4-5-9-18(14)16/h2-10H,11,17H2,1H3. The zero-order valence-corrected chi connectivity index (χ0v) is 10.4. The first kappa shape index (κ1) is 11.1. The highest BCUT2D eigenvalue weighted by atomic mass is 14.9. The van der Waals surface area contributed by atoms with Gasteiger partial charge in [0.1, 0.15) is 0 Å². The Kier molecular flexibility index (Phi) is 2.65. The molecule has 0 bridgehead atoms. The van der Waals surface area contributed by atoms with E-state index in [1.807, 2.05) is 0 Å². The topological polar surface area (TPSA) is 30.4 Å². The van der Waals surface area contributed by atoms with Crippen molar-refractivity contribution in [3.05, 3.63) is 65.9 Å². The maximum absolute atomic E-state index is 5.89. The van der Waals surface area contributed by atoms with Crippen LogP contribution in [0.3, 0.4) is 0 Å². The molecule has 0 atom stereocenters. The van der Waals surface area contributed by atoms with Gasteiger partial charge in [-0.3, -0.25) is 0 Å². The summed E-state index contributed by atoms with van der Waals surface area (Å²) in [5, 5.41) is 0. The number of nitrogens with zero attached hydrogens (tertiary/aromatic N) is 1. The molecule has 0 aliphatic rings. The molecule has 0 saturated carbocycles. The van der Waals surface area contributed by atoms with Gasteiger partial charge in [-0.15, -0.1) is 0 Å². The van der Waals surface area contributed by atoms with Gasteiger partial charge in [0.05, 0.1) is 5.69 Å². The van der Waals surface area contributed by atoms with Crippen LogP contribution >= 0.6 is 0 Å². The smallest absolute Gasteiger partial charge is 0.0576 e. The van der Waals surface area contributed by atoms with Crippen molar-refractivity contribution in [3.63, 3.8) is 0 Å². The normalized spacial score (nSPS) is 11.0. The summed E-state index contributed by atoms with van der Waals surface area (Å²) in [6, 6.07) is 16.8. The third kappa shape index (κ3) is 1.62. The van der Waals surface area contributed by atoms with Gasteiger partial charge in [-0.1, -0.05) is 30.3 Å². The molecule has 2 N–H and O–H groups in total. The van der Waals surface area contributed by atoms with Crippen LogP contribution in [0.5, 0.6) is 0 Å². The van der Waals surface area contributed by atoms with Crippen molar-refractivity contribution in [2.75, 3.05) is 0 Å². The summed E-state index contributed by atoms with van der Waals surface area (Å²) >= 11 is 0. The second kappa shape index (κ2) is 4.31. The molecule has 0 fully saturated rings. The van der Waals surface area contributed by atoms with Crippen LogP contribution in [0.15, 0.2) is 54.7 Å². The highest BCUT2D eigenvalue weighted by Gasteiger charge is 2.12. The van der Waals surface area contributed by atoms with Gasteiger partial charge in [-0.05, 0) is 36.2 Å². The van der Waals surface area contributed by atoms with E-state index in [4.69, 9.17) is 5.73 Å². The number of nitrogens with two attached hydrogens (primary N) is 1. The molecule has 3 rings (SSSR count). The molecule has 90 valence electrons. The molecule has 3 aromatic rings. The third-order valence-electron chi connectivity index (χ3n) is 3.38. The van der Waals surface area contributed by atoms with Crippen LogP contribution in [0.2, 0.25) is 0 Å². The summed E-state index contributed by atoms with van der Waals surface area (Å²) in [6.45, 7) is 2.70. The van der Waals surface area contributed by atoms with E-state index in [0.717, 1.165) is 0 Å². The number of hydrogen-bond donors (Lipinski definition) is 1. The number of hydrogen-bond acceptors (Lipinski definition) is 1. The Labute approximate surface area is 107 Å². The predicted molar refractivity (Wildman–Crippen MR) is 75.5 cm³/mol. The van der Waals surface area contributed by atoms with Crippen molar-refractivity contribution < 1.29 is 0 Å². The highest BCUT2D eigenvalue weighted by Crippen LogP contribution is 2.29. The lowest BCUT2D eigenvalue weighted by Gasteiger charge is -2.09. The quantitative estimate of drug-likeness (QED) is 0.726. The second-order valence-electron chi connectivity index (χ2n) is 4.53. The van der Waals surface area contributed by atoms with Gasteiger partial charge < -0.3 is 10.1 Å². The van der Waals surface area contributed by atoms with Gasteiger partial charge >= 0.3 is 0 Å². The Morgan fingerprint density at radius 2 is 1.83 bits per heavy atom. The summed E-state index contributed by atoms with van der Waals surface area (Å²) in [4.78, 5) is 0. The maximum atomic E-state index is 5.89. The van der Waals surface area contributed by atoms with Crippen LogP contribution in [-0.2, 0) is 6.54 Å². The Morgan fingerprint density at radius 3 is 2.61 bits per heavy atom. The van der Waals surface area contributed by atoms with E-state index in [1.54, 1.807) is 0 Å². The molecule has 0 aliphatic carbocycles. The number of aryl methyl sites for hydroxylation is 1. The first-order valence-electron chi connectivity index (χ1n) is 6.16. The Balaban J connectivity index is 2.37. The minimum absolute atomic E-state index is 0.561. The van der Waals surface area contributed by atoms with Crippen LogP contribution in [0.25, 0.3) is 16.8 Å². The van der Waals surface area contributed by atoms with E-state index >= 15 is 0 Å². The average Bonchev–Trinajstić information content (AvgIpc) is 2.78. The molecule has 2 aromatic heterocycles. The van der Waals surface area contributed by atoms with Crippen molar-refractivity contribution in [2.45, 2.75) is 13.5 Å². The fourth-order valence-corrected chi connectivity index (χ4v) is 2.48.